The van der Waals surface area contributed by atoms with Crippen molar-refractivity contribution in [3.8, 4) is 11.5 Å². The van der Waals surface area contributed by atoms with Crippen molar-refractivity contribution in [3.05, 3.63) is 104 Å². The van der Waals surface area contributed by atoms with Gasteiger partial charge in [-0.25, -0.2) is 13.9 Å². The Bertz CT molecular complexity index is 1770. The molecule has 0 bridgehead atoms. The average molecular weight is 698 g/mol. The minimum Gasteiger partial charge on any atom is -0.490 e. The van der Waals surface area contributed by atoms with E-state index in [0.29, 0.717) is 51.3 Å². The molecule has 12 heteroatoms. The monoisotopic (exact) mass is 696 g/mol. The molecule has 6 rings (SSSR count). The Kier molecular flexibility index (Phi) is 10.6. The fourth-order valence-corrected chi connectivity index (χ4v) is 7.16. The minimum absolute atomic E-state index is 0.0878. The number of rotatable bonds is 11. The third-order valence-electron chi connectivity index (χ3n) is 8.21. The van der Waals surface area contributed by atoms with E-state index in [2.05, 4.69) is 5.32 Å². The van der Waals surface area contributed by atoms with Gasteiger partial charge in [0.15, 0.2) is 11.5 Å². The minimum atomic E-state index is -0.668. The number of carbonyl (C=O) groups is 1. The van der Waals surface area contributed by atoms with Crippen LogP contribution in [0.15, 0.2) is 77.1 Å². The summed E-state index contributed by atoms with van der Waals surface area (Å²) in [5.41, 5.74) is 3.00. The Balaban J connectivity index is 1.34. The molecular weight excluding hydrogens is 662 g/mol. The number of hydrogen-bond donors (Lipinski definition) is 1. The highest BCUT2D eigenvalue weighted by Crippen LogP contribution is 2.41. The number of nitrogens with zero attached hydrogens (tertiary/aromatic N) is 3. The van der Waals surface area contributed by atoms with Crippen LogP contribution in [0.1, 0.15) is 68.7 Å². The maximum absolute atomic E-state index is 14.5. The van der Waals surface area contributed by atoms with Gasteiger partial charge in [0, 0.05) is 22.0 Å². The summed E-state index contributed by atoms with van der Waals surface area (Å²) in [6, 6.07) is 16.9. The van der Waals surface area contributed by atoms with Crippen molar-refractivity contribution in [1.29, 1.82) is 0 Å². The zero-order valence-electron chi connectivity index (χ0n) is 26.1. The van der Waals surface area contributed by atoms with Crippen molar-refractivity contribution in [2.75, 3.05) is 11.9 Å². The highest BCUT2D eigenvalue weighted by atomic mass is 35.5. The summed E-state index contributed by atoms with van der Waals surface area (Å²) in [5.74, 6) is 1.06. The predicted octanol–water partition coefficient (Wildman–Crippen LogP) is 9.16. The maximum Gasteiger partial charge on any atom is 0.338 e. The van der Waals surface area contributed by atoms with Crippen LogP contribution in [0.4, 0.5) is 10.3 Å². The first kappa shape index (κ1) is 33.2. The van der Waals surface area contributed by atoms with Gasteiger partial charge >= 0.3 is 5.97 Å². The van der Waals surface area contributed by atoms with E-state index < -0.39 is 17.8 Å². The molecule has 246 valence electrons. The van der Waals surface area contributed by atoms with Crippen LogP contribution in [0, 0.1) is 5.82 Å². The normalized spacial score (nSPS) is 16.4. The standard InChI is InChI=1S/C35H35Cl2FN4O4S/c1-3-44-30-18-22(16-17-29(30)45-19-25-27(37)14-9-15-28(25)38)32-31(33(43)46-24-11-5-4-6-12-24)21(2)39-34-40-35(41-42(32)34)47-20-23-10-7-8-13-26(23)36/h7-10,13-18,24,32H,3-6,11-12,19-20H2,1-2H3,(H,39,40,41). The van der Waals surface area contributed by atoms with E-state index in [1.807, 2.05) is 50.2 Å². The zero-order chi connectivity index (χ0) is 32.9. The van der Waals surface area contributed by atoms with Crippen LogP contribution in [0.3, 0.4) is 0 Å². The van der Waals surface area contributed by atoms with E-state index in [1.165, 1.54) is 17.8 Å². The number of aromatic nitrogens is 3. The van der Waals surface area contributed by atoms with Crippen LogP contribution in [0.25, 0.3) is 0 Å². The molecule has 3 aromatic carbocycles. The van der Waals surface area contributed by atoms with Gasteiger partial charge in [0.1, 0.15) is 24.6 Å². The quantitative estimate of drug-likeness (QED) is 0.123. The molecule has 1 saturated carbocycles. The smallest absolute Gasteiger partial charge is 0.338 e. The van der Waals surface area contributed by atoms with E-state index >= 15 is 0 Å². The summed E-state index contributed by atoms with van der Waals surface area (Å²) in [4.78, 5) is 18.7. The van der Waals surface area contributed by atoms with Gasteiger partial charge in [-0.15, -0.1) is 5.10 Å². The number of benzene rings is 3. The number of esters is 1. The molecule has 2 aliphatic rings. The summed E-state index contributed by atoms with van der Waals surface area (Å²) >= 11 is 14.1. The lowest BCUT2D eigenvalue weighted by molar-refractivity contribution is -0.146. The van der Waals surface area contributed by atoms with Crippen LogP contribution in [0.2, 0.25) is 10.0 Å². The molecule has 0 amide bonds. The van der Waals surface area contributed by atoms with Gasteiger partial charge in [-0.2, -0.15) is 4.98 Å². The van der Waals surface area contributed by atoms with Crippen LogP contribution < -0.4 is 14.8 Å². The molecule has 47 heavy (non-hydrogen) atoms. The number of thioether (sulfide) groups is 1. The Hall–Kier alpha value is -3.73. The number of halogens is 3. The highest BCUT2D eigenvalue weighted by Gasteiger charge is 2.37. The Morgan fingerprint density at radius 2 is 1.81 bits per heavy atom. The van der Waals surface area contributed by atoms with Gasteiger partial charge < -0.3 is 19.5 Å². The molecule has 1 aliphatic heterocycles. The molecule has 2 heterocycles. The zero-order valence-corrected chi connectivity index (χ0v) is 28.4. The molecule has 0 radical (unpaired) electrons. The number of hydrogen-bond acceptors (Lipinski definition) is 8. The second-order valence-electron chi connectivity index (χ2n) is 11.4. The van der Waals surface area contributed by atoms with Crippen LogP contribution in [0.5, 0.6) is 11.5 Å². The first-order valence-electron chi connectivity index (χ1n) is 15.7. The van der Waals surface area contributed by atoms with Gasteiger partial charge in [-0.05, 0) is 81.0 Å². The molecule has 8 nitrogen and oxygen atoms in total. The highest BCUT2D eigenvalue weighted by molar-refractivity contribution is 7.98. The van der Waals surface area contributed by atoms with Crippen molar-refractivity contribution in [2.45, 2.75) is 75.6 Å². The van der Waals surface area contributed by atoms with Crippen LogP contribution in [-0.2, 0) is 21.9 Å². The fraction of sp³-hybridized carbons (Fsp3) is 0.343. The number of carbonyl (C=O) groups excluding carboxylic acids is 1. The molecule has 1 fully saturated rings. The van der Waals surface area contributed by atoms with Gasteiger partial charge in [-0.3, -0.25) is 0 Å². The van der Waals surface area contributed by atoms with Crippen LogP contribution >= 0.6 is 35.0 Å². The Morgan fingerprint density at radius 3 is 2.57 bits per heavy atom. The van der Waals surface area contributed by atoms with Crippen molar-refractivity contribution < 1.29 is 23.4 Å². The molecular formula is C35H35Cl2FN4O4S. The molecule has 1 unspecified atom stereocenters. The Labute approximate surface area is 287 Å². The summed E-state index contributed by atoms with van der Waals surface area (Å²) < 4.78 is 34.3. The second-order valence-corrected chi connectivity index (χ2v) is 13.2. The van der Waals surface area contributed by atoms with E-state index in [-0.39, 0.29) is 23.3 Å². The summed E-state index contributed by atoms with van der Waals surface area (Å²) in [7, 11) is 0. The maximum atomic E-state index is 14.5. The van der Waals surface area contributed by atoms with Crippen molar-refractivity contribution in [1.82, 2.24) is 14.8 Å². The summed E-state index contributed by atoms with van der Waals surface area (Å²) in [6.45, 7) is 3.98. The van der Waals surface area contributed by atoms with E-state index in [9.17, 15) is 9.18 Å². The second kappa shape index (κ2) is 15.0. The summed E-state index contributed by atoms with van der Waals surface area (Å²) in [5, 5.41) is 9.61. The van der Waals surface area contributed by atoms with Gasteiger partial charge in [-0.1, -0.05) is 71.7 Å². The van der Waals surface area contributed by atoms with E-state index in [0.717, 1.165) is 43.2 Å². The fourth-order valence-electron chi connectivity index (χ4n) is 5.82. The molecule has 1 aromatic heterocycles. The first-order valence-corrected chi connectivity index (χ1v) is 17.4. The first-order chi connectivity index (χ1) is 22.8. The third-order valence-corrected chi connectivity index (χ3v) is 9.82. The Morgan fingerprint density at radius 1 is 1.02 bits per heavy atom. The number of anilines is 1. The van der Waals surface area contributed by atoms with Gasteiger partial charge in [0.05, 0.1) is 17.2 Å². The predicted molar refractivity (Wildman–Crippen MR) is 182 cm³/mol. The van der Waals surface area contributed by atoms with E-state index in [1.54, 1.807) is 22.9 Å². The average Bonchev–Trinajstić information content (AvgIpc) is 3.47. The lowest BCUT2D eigenvalue weighted by Crippen LogP contribution is -2.32. The lowest BCUT2D eigenvalue weighted by Gasteiger charge is -2.30. The molecule has 0 spiro atoms. The largest absolute Gasteiger partial charge is 0.490 e. The molecule has 1 aliphatic carbocycles. The number of fused-ring (bicyclic) bond motifs is 1. The van der Waals surface area contributed by atoms with E-state index in [4.69, 9.17) is 47.5 Å². The third kappa shape index (κ3) is 7.55. The number of nitrogens with one attached hydrogen (secondary N) is 1. The van der Waals surface area contributed by atoms with Gasteiger partial charge in [0.25, 0.3) is 0 Å². The number of allylic oxidation sites excluding steroid dienone is 1. The molecule has 1 N–H and O–H groups in total. The van der Waals surface area contributed by atoms with Crippen molar-refractivity contribution >= 4 is 46.9 Å². The number of ether oxygens (including phenoxy) is 3. The lowest BCUT2D eigenvalue weighted by atomic mass is 9.94. The summed E-state index contributed by atoms with van der Waals surface area (Å²) in [6.07, 6.45) is 4.79. The molecule has 4 aromatic rings. The SMILES string of the molecule is CCOc1cc(C2C(C(=O)OC3CCCCC3)=C(C)Nc3nc(SCc4ccccc4Cl)nn32)ccc1OCc1c(F)cccc1Cl. The molecule has 1 atom stereocenters. The van der Waals surface area contributed by atoms with Crippen LogP contribution in [-0.4, -0.2) is 33.4 Å². The molecule has 0 saturated heterocycles. The topological polar surface area (TPSA) is 87.5 Å². The van der Waals surface area contributed by atoms with Crippen molar-refractivity contribution in [2.24, 2.45) is 0 Å². The van der Waals surface area contributed by atoms with Gasteiger partial charge in [0.2, 0.25) is 11.1 Å². The van der Waals surface area contributed by atoms with Crippen molar-refractivity contribution in [3.63, 3.8) is 0 Å².